The van der Waals surface area contributed by atoms with E-state index in [0.717, 1.165) is 16.0 Å². The lowest BCUT2D eigenvalue weighted by Crippen LogP contribution is -2.38. The van der Waals surface area contributed by atoms with E-state index in [0.29, 0.717) is 5.69 Å². The van der Waals surface area contributed by atoms with Crippen LogP contribution in [0.3, 0.4) is 0 Å². The molecule has 6 heteroatoms. The maximum atomic E-state index is 12.1. The molecule has 2 aromatic carbocycles. The van der Waals surface area contributed by atoms with E-state index < -0.39 is 11.8 Å². The molecular formula is C19H22N2O3S. The van der Waals surface area contributed by atoms with Crippen molar-refractivity contribution in [2.45, 2.75) is 17.9 Å². The van der Waals surface area contributed by atoms with Crippen molar-refractivity contribution in [1.29, 1.82) is 0 Å². The maximum absolute atomic E-state index is 12.1. The molecule has 0 bridgehead atoms. The van der Waals surface area contributed by atoms with Gasteiger partial charge in [-0.05, 0) is 36.4 Å². The van der Waals surface area contributed by atoms with E-state index in [1.54, 1.807) is 13.2 Å². The Bertz CT molecular complexity index is 749. The SMILES string of the molecule is CO[C@@H](CNC(=O)C(=O)Nc1ccccc1SC)c1ccccc1C. The largest absolute Gasteiger partial charge is 0.375 e. The van der Waals surface area contributed by atoms with Crippen LogP contribution in [0, 0.1) is 6.92 Å². The quantitative estimate of drug-likeness (QED) is 0.615. The fourth-order valence-corrected chi connectivity index (χ4v) is 3.01. The van der Waals surface area contributed by atoms with Crippen molar-refractivity contribution in [2.24, 2.45) is 0 Å². The van der Waals surface area contributed by atoms with Crippen molar-refractivity contribution >= 4 is 29.3 Å². The van der Waals surface area contributed by atoms with E-state index in [-0.39, 0.29) is 12.6 Å². The molecule has 25 heavy (non-hydrogen) atoms. The molecule has 0 aromatic heterocycles. The van der Waals surface area contributed by atoms with Crippen molar-refractivity contribution < 1.29 is 14.3 Å². The number of para-hydroxylation sites is 1. The van der Waals surface area contributed by atoms with Crippen LogP contribution in [0.1, 0.15) is 17.2 Å². The fraction of sp³-hybridized carbons (Fsp3) is 0.263. The highest BCUT2D eigenvalue weighted by Crippen LogP contribution is 2.24. The molecule has 0 aliphatic heterocycles. The molecule has 0 radical (unpaired) electrons. The van der Waals surface area contributed by atoms with Crippen LogP contribution in [0.5, 0.6) is 0 Å². The molecule has 0 saturated carbocycles. The van der Waals surface area contributed by atoms with Gasteiger partial charge in [-0.15, -0.1) is 11.8 Å². The predicted octanol–water partition coefficient (Wildman–Crippen LogP) is 3.16. The van der Waals surface area contributed by atoms with E-state index >= 15 is 0 Å². The molecule has 0 saturated heterocycles. The van der Waals surface area contributed by atoms with Crippen LogP contribution in [-0.4, -0.2) is 31.7 Å². The first-order valence-corrected chi connectivity index (χ1v) is 9.09. The Morgan fingerprint density at radius 2 is 1.76 bits per heavy atom. The Morgan fingerprint density at radius 3 is 2.44 bits per heavy atom. The zero-order valence-electron chi connectivity index (χ0n) is 14.5. The monoisotopic (exact) mass is 358 g/mol. The van der Waals surface area contributed by atoms with Crippen molar-refractivity contribution in [2.75, 3.05) is 25.2 Å². The number of benzene rings is 2. The second-order valence-corrected chi connectivity index (χ2v) is 6.29. The zero-order valence-corrected chi connectivity index (χ0v) is 15.4. The number of aryl methyl sites for hydroxylation is 1. The number of hydrogen-bond acceptors (Lipinski definition) is 4. The molecule has 132 valence electrons. The van der Waals surface area contributed by atoms with Crippen LogP contribution < -0.4 is 10.6 Å². The smallest absolute Gasteiger partial charge is 0.313 e. The lowest BCUT2D eigenvalue weighted by atomic mass is 10.0. The summed E-state index contributed by atoms with van der Waals surface area (Å²) in [6.07, 6.45) is 1.60. The first kappa shape index (κ1) is 19.0. The van der Waals surface area contributed by atoms with Gasteiger partial charge in [0.15, 0.2) is 0 Å². The third kappa shape index (κ3) is 5.08. The lowest BCUT2D eigenvalue weighted by Gasteiger charge is -2.18. The van der Waals surface area contributed by atoms with E-state index in [4.69, 9.17) is 4.74 Å². The van der Waals surface area contributed by atoms with Gasteiger partial charge in [0.25, 0.3) is 0 Å². The maximum Gasteiger partial charge on any atom is 0.313 e. The number of anilines is 1. The topological polar surface area (TPSA) is 67.4 Å². The van der Waals surface area contributed by atoms with Crippen LogP contribution in [0.15, 0.2) is 53.4 Å². The summed E-state index contributed by atoms with van der Waals surface area (Å²) < 4.78 is 5.45. The van der Waals surface area contributed by atoms with E-state index in [1.165, 1.54) is 11.8 Å². The molecule has 0 unspecified atom stereocenters. The van der Waals surface area contributed by atoms with Crippen molar-refractivity contribution in [3.8, 4) is 0 Å². The average Bonchev–Trinajstić information content (AvgIpc) is 2.63. The molecule has 2 rings (SSSR count). The second-order valence-electron chi connectivity index (χ2n) is 5.45. The third-order valence-electron chi connectivity index (χ3n) is 3.83. The standard InChI is InChI=1S/C19H22N2O3S/c1-13-8-4-5-9-14(13)16(24-2)12-20-18(22)19(23)21-15-10-6-7-11-17(15)25-3/h4-11,16H,12H2,1-3H3,(H,20,22)(H,21,23)/t16-/m0/s1. The Balaban J connectivity index is 1.97. The molecule has 0 aliphatic rings. The summed E-state index contributed by atoms with van der Waals surface area (Å²) in [5, 5.41) is 5.28. The minimum atomic E-state index is -0.693. The number of rotatable bonds is 6. The molecule has 2 aromatic rings. The lowest BCUT2D eigenvalue weighted by molar-refractivity contribution is -0.136. The van der Waals surface area contributed by atoms with Gasteiger partial charge in [0.2, 0.25) is 0 Å². The van der Waals surface area contributed by atoms with Gasteiger partial charge in [-0.2, -0.15) is 0 Å². The number of nitrogens with one attached hydrogen (secondary N) is 2. The molecule has 0 spiro atoms. The minimum absolute atomic E-state index is 0.220. The van der Waals surface area contributed by atoms with Crippen LogP contribution in [0.2, 0.25) is 0 Å². The van der Waals surface area contributed by atoms with Gasteiger partial charge >= 0.3 is 11.8 Å². The summed E-state index contributed by atoms with van der Waals surface area (Å²) in [5.41, 5.74) is 2.68. The average molecular weight is 358 g/mol. The summed E-state index contributed by atoms with van der Waals surface area (Å²) in [4.78, 5) is 25.1. The Hall–Kier alpha value is -2.31. The van der Waals surface area contributed by atoms with Crippen LogP contribution in [-0.2, 0) is 14.3 Å². The Kier molecular flexibility index (Phi) is 7.03. The molecule has 5 nitrogen and oxygen atoms in total. The first-order valence-electron chi connectivity index (χ1n) is 7.87. The van der Waals surface area contributed by atoms with Crippen molar-refractivity contribution in [1.82, 2.24) is 5.32 Å². The molecule has 2 amide bonds. The van der Waals surface area contributed by atoms with Crippen LogP contribution >= 0.6 is 11.8 Å². The highest BCUT2D eigenvalue weighted by atomic mass is 32.2. The highest BCUT2D eigenvalue weighted by Gasteiger charge is 2.18. The van der Waals surface area contributed by atoms with E-state index in [2.05, 4.69) is 10.6 Å². The minimum Gasteiger partial charge on any atom is -0.375 e. The molecular weight excluding hydrogens is 336 g/mol. The second kappa shape index (κ2) is 9.25. The van der Waals surface area contributed by atoms with Gasteiger partial charge in [-0.3, -0.25) is 9.59 Å². The van der Waals surface area contributed by atoms with Gasteiger partial charge in [0.1, 0.15) is 0 Å². The van der Waals surface area contributed by atoms with Crippen LogP contribution in [0.25, 0.3) is 0 Å². The number of methoxy groups -OCH3 is 1. The summed E-state index contributed by atoms with van der Waals surface area (Å²) in [6, 6.07) is 15.1. The highest BCUT2D eigenvalue weighted by molar-refractivity contribution is 7.98. The molecule has 0 heterocycles. The molecule has 2 N–H and O–H groups in total. The third-order valence-corrected chi connectivity index (χ3v) is 4.63. The van der Waals surface area contributed by atoms with E-state index in [9.17, 15) is 9.59 Å². The Labute approximate surface area is 152 Å². The number of carbonyl (C=O) groups excluding carboxylic acids is 2. The van der Waals surface area contributed by atoms with Gasteiger partial charge in [-0.1, -0.05) is 36.4 Å². The zero-order chi connectivity index (χ0) is 18.2. The number of ether oxygens (including phenoxy) is 1. The number of hydrogen-bond donors (Lipinski definition) is 2. The van der Waals surface area contributed by atoms with E-state index in [1.807, 2.05) is 55.6 Å². The normalized spacial score (nSPS) is 11.6. The summed E-state index contributed by atoms with van der Waals surface area (Å²) in [5.74, 6) is -1.38. The van der Waals surface area contributed by atoms with Gasteiger partial charge < -0.3 is 15.4 Å². The first-order chi connectivity index (χ1) is 12.1. The summed E-state index contributed by atoms with van der Waals surface area (Å²) >= 11 is 1.50. The summed E-state index contributed by atoms with van der Waals surface area (Å²) in [6.45, 7) is 2.20. The molecule has 0 fully saturated rings. The van der Waals surface area contributed by atoms with Gasteiger partial charge in [0.05, 0.1) is 11.8 Å². The van der Waals surface area contributed by atoms with Gasteiger partial charge in [0, 0.05) is 18.6 Å². The van der Waals surface area contributed by atoms with Gasteiger partial charge in [-0.25, -0.2) is 0 Å². The predicted molar refractivity (Wildman–Crippen MR) is 101 cm³/mol. The number of thioether (sulfide) groups is 1. The van der Waals surface area contributed by atoms with Crippen molar-refractivity contribution in [3.63, 3.8) is 0 Å². The fourth-order valence-electron chi connectivity index (χ4n) is 2.46. The van der Waals surface area contributed by atoms with Crippen molar-refractivity contribution in [3.05, 3.63) is 59.7 Å². The Morgan fingerprint density at radius 1 is 1.08 bits per heavy atom. The molecule has 0 aliphatic carbocycles. The summed E-state index contributed by atoms with van der Waals surface area (Å²) in [7, 11) is 1.58. The molecule has 1 atom stereocenters. The van der Waals surface area contributed by atoms with Crippen LogP contribution in [0.4, 0.5) is 5.69 Å². The number of amides is 2. The number of carbonyl (C=O) groups is 2.